The van der Waals surface area contributed by atoms with Crippen molar-refractivity contribution in [2.75, 3.05) is 33.0 Å². The molecule has 9 aromatic rings. The number of benzene rings is 1. The number of carbonyl (C=O) groups excluding carboxylic acids is 1. The predicted octanol–water partition coefficient (Wildman–Crippen LogP) is 11.2. The van der Waals surface area contributed by atoms with Crippen molar-refractivity contribution >= 4 is 97.7 Å². The van der Waals surface area contributed by atoms with Crippen molar-refractivity contribution in [1.29, 1.82) is 10.5 Å². The van der Waals surface area contributed by atoms with Crippen LogP contribution in [0.5, 0.6) is 0 Å². The molecule has 10 N–H and O–H groups in total. The summed E-state index contributed by atoms with van der Waals surface area (Å²) in [5.74, 6) is 0.502. The van der Waals surface area contributed by atoms with Gasteiger partial charge in [0, 0.05) is 118 Å². The number of aromatic nitrogens is 12. The second kappa shape index (κ2) is 34.2. The third-order valence-electron chi connectivity index (χ3n) is 22.8. The average Bonchev–Trinajstić information content (AvgIpc) is 1.52. The van der Waals surface area contributed by atoms with Crippen LogP contribution in [0.15, 0.2) is 73.3 Å². The lowest BCUT2D eigenvalue weighted by Gasteiger charge is -2.46. The Balaban J connectivity index is 0.000000120. The number of ether oxygens (including phenoxy) is 4. The lowest BCUT2D eigenvalue weighted by Crippen LogP contribution is -2.50. The largest absolute Gasteiger partial charge is 0.390 e. The standard InChI is InChI=1S/C22H22ClN5O2S.C20H26ClN5O3S.C19H27ClN4O3S.C16H18ClN5O2S/c1-13-7-22(21-16(6-20(23)31-21)19(29)12-30-22)8-17(25-13)18-11-28(27-26-18)10-15-4-2-14(9-24)3-5-15;1-11-5-20(19-13(4-17(21)30-19)16(27)10-29-20)6-14(23-11)15-9-26(25-24-15)8-12-2-3-18(28)22-7-12;1-11-7-19(17-12(6-16(20)28-17)15(25)10-27-19)8-13(21-11)14-9-24(23-22-14)5-4-18(2,3)26;1-9-5-16(15-10(4-14(17)25-15)13(23)8-24-16)6-11(19-9)12-7-22(3-2-18)21-20-12/h2-6,11,13,17,19,25,29H,7-8,10,12H2,1H3;4,9,11-12,14,16,23,27H,2-3,5-8,10H2,1H3,(H,22,28);6,9,11,13,15,21,25-26H,4-5,7-8,10H2,1-3H3;4,7,9,11,13,19,23H,3,5-6,8H2,1H3/t13-,17-,19+,22-;11-,12?,14-,16+,20-;11-,13-,15+,19-;9-,11-,13+,16-/m0000/s1. The maximum absolute atomic E-state index is 11.4. The molecule has 9 aliphatic rings. The Morgan fingerprint density at radius 2 is 0.877 bits per heavy atom. The van der Waals surface area contributed by atoms with Crippen LogP contribution < -0.4 is 26.6 Å². The molecule has 17 heterocycles. The molecule has 0 saturated carbocycles. The van der Waals surface area contributed by atoms with E-state index in [1.165, 1.54) is 50.0 Å². The molecule has 1 unspecified atom stereocenters. The minimum atomic E-state index is -0.737. The van der Waals surface area contributed by atoms with E-state index in [0.717, 1.165) is 109 Å². The zero-order valence-corrected chi connectivity index (χ0v) is 70.0. The van der Waals surface area contributed by atoms with Gasteiger partial charge in [-0.15, -0.1) is 65.7 Å². The van der Waals surface area contributed by atoms with Crippen LogP contribution in [0, 0.1) is 28.6 Å². The van der Waals surface area contributed by atoms with Crippen LogP contribution in [0.3, 0.4) is 0 Å². The summed E-state index contributed by atoms with van der Waals surface area (Å²) in [5, 5.41) is 121. The number of aliphatic hydroxyl groups excluding tert-OH is 4. The fraction of sp³-hybridized carbons (Fsp3) is 0.571. The zero-order valence-electron chi connectivity index (χ0n) is 63.8. The Hall–Kier alpha value is -6.33. The number of nitrogens with one attached hydrogen (secondary N) is 5. The molecular weight excluding hydrogens is 1620 g/mol. The first-order chi connectivity index (χ1) is 54.5. The summed E-state index contributed by atoms with van der Waals surface area (Å²) in [6.07, 6.45) is 13.2. The summed E-state index contributed by atoms with van der Waals surface area (Å²) in [4.78, 5) is 15.5. The molecule has 17 atom stereocenters. The number of hydrogen-bond acceptors (Lipinski definition) is 28. The van der Waals surface area contributed by atoms with Crippen LogP contribution >= 0.6 is 91.8 Å². The van der Waals surface area contributed by atoms with Crippen molar-refractivity contribution in [3.8, 4) is 12.1 Å². The van der Waals surface area contributed by atoms with E-state index in [1.54, 1.807) is 36.9 Å². The van der Waals surface area contributed by atoms with Crippen molar-refractivity contribution in [3.63, 3.8) is 0 Å². The van der Waals surface area contributed by atoms with Gasteiger partial charge in [0.05, 0.1) is 145 Å². The molecule has 8 aromatic heterocycles. The molecule has 18 rings (SSSR count). The Morgan fingerprint density at radius 1 is 0.526 bits per heavy atom. The van der Waals surface area contributed by atoms with Crippen molar-refractivity contribution in [3.05, 3.63) is 166 Å². The van der Waals surface area contributed by atoms with Crippen LogP contribution in [0.1, 0.15) is 236 Å². The van der Waals surface area contributed by atoms with Gasteiger partial charge in [0.15, 0.2) is 0 Å². The molecular formula is C77H93Cl4N19O10S4. The van der Waals surface area contributed by atoms with E-state index in [2.05, 4.69) is 108 Å². The van der Waals surface area contributed by atoms with Gasteiger partial charge in [0.2, 0.25) is 5.91 Å². The van der Waals surface area contributed by atoms with E-state index in [9.17, 15) is 30.3 Å². The van der Waals surface area contributed by atoms with Gasteiger partial charge < -0.3 is 71.1 Å². The van der Waals surface area contributed by atoms with Gasteiger partial charge >= 0.3 is 0 Å². The molecule has 608 valence electrons. The molecule has 4 spiro atoms. The van der Waals surface area contributed by atoms with Crippen LogP contribution in [0.4, 0.5) is 0 Å². The monoisotopic (exact) mass is 1710 g/mol. The first-order valence-electron chi connectivity index (χ1n) is 38.5. The zero-order chi connectivity index (χ0) is 80.2. The Kier molecular flexibility index (Phi) is 24.8. The molecule has 9 aliphatic heterocycles. The lowest BCUT2D eigenvalue weighted by atomic mass is 9.79. The molecule has 114 heavy (non-hydrogen) atoms. The molecule has 0 bridgehead atoms. The summed E-state index contributed by atoms with van der Waals surface area (Å²) in [7, 11) is 0. The third-order valence-corrected chi connectivity index (χ3v) is 28.6. The second-order valence-electron chi connectivity index (χ2n) is 32.4. The van der Waals surface area contributed by atoms with Crippen molar-refractivity contribution in [2.24, 2.45) is 5.92 Å². The lowest BCUT2D eigenvalue weighted by molar-refractivity contribution is -0.129. The van der Waals surface area contributed by atoms with E-state index in [0.29, 0.717) is 87.0 Å². The van der Waals surface area contributed by atoms with Gasteiger partial charge in [-0.1, -0.05) is 79.4 Å². The Labute approximate surface area is 695 Å². The van der Waals surface area contributed by atoms with Crippen LogP contribution in [0.25, 0.3) is 0 Å². The maximum Gasteiger partial charge on any atom is 0.220 e. The number of fused-ring (bicyclic) bond motifs is 8. The number of aryl methyl sites for hydroxylation is 1. The van der Waals surface area contributed by atoms with Crippen LogP contribution in [0.2, 0.25) is 17.3 Å². The molecule has 5 saturated heterocycles. The van der Waals surface area contributed by atoms with Gasteiger partial charge in [-0.05, 0) is 128 Å². The summed E-state index contributed by atoms with van der Waals surface area (Å²) in [6, 6.07) is 19.9. The molecule has 5 fully saturated rings. The van der Waals surface area contributed by atoms with E-state index >= 15 is 0 Å². The van der Waals surface area contributed by atoms with Crippen LogP contribution in [-0.4, -0.2) is 154 Å². The van der Waals surface area contributed by atoms with Gasteiger partial charge in [0.1, 0.15) is 53.4 Å². The normalized spacial score (nSPS) is 31.0. The first kappa shape index (κ1) is 82.8. The van der Waals surface area contributed by atoms with E-state index in [1.807, 2.05) is 64.4 Å². The van der Waals surface area contributed by atoms with Crippen LogP contribution in [-0.2, 0) is 72.3 Å². The van der Waals surface area contributed by atoms with Gasteiger partial charge in [-0.2, -0.15) is 10.5 Å². The summed E-state index contributed by atoms with van der Waals surface area (Å²) < 4.78 is 34.7. The molecule has 1 aromatic carbocycles. The first-order valence-corrected chi connectivity index (χ1v) is 43.3. The minimum absolute atomic E-state index is 0.00229. The highest BCUT2D eigenvalue weighted by molar-refractivity contribution is 7.17. The fourth-order valence-electron chi connectivity index (χ4n) is 17.7. The number of thiophene rings is 4. The Morgan fingerprint density at radius 3 is 1.24 bits per heavy atom. The van der Waals surface area contributed by atoms with E-state index in [-0.39, 0.29) is 87.2 Å². The van der Waals surface area contributed by atoms with E-state index < -0.39 is 52.4 Å². The quantitative estimate of drug-likeness (QED) is 0.0543. The molecule has 37 heteroatoms. The van der Waals surface area contributed by atoms with Crippen molar-refractivity contribution in [2.45, 2.75) is 239 Å². The number of nitrogens with zero attached hydrogens (tertiary/aromatic N) is 14. The topological polar surface area (TPSA) is 386 Å². The number of hydrogen-bond donors (Lipinski definition) is 10. The number of nitriles is 2. The van der Waals surface area contributed by atoms with E-state index in [4.69, 9.17) is 75.9 Å². The maximum atomic E-state index is 11.4. The smallest absolute Gasteiger partial charge is 0.220 e. The minimum Gasteiger partial charge on any atom is -0.390 e. The fourth-order valence-corrected chi connectivity index (χ4v) is 23.5. The van der Waals surface area contributed by atoms with Gasteiger partial charge in [-0.25, -0.2) is 9.36 Å². The number of aliphatic hydroxyl groups is 5. The molecule has 0 aliphatic carbocycles. The predicted molar refractivity (Wildman–Crippen MR) is 429 cm³/mol. The highest BCUT2D eigenvalue weighted by Gasteiger charge is 2.53. The average molecular weight is 1710 g/mol. The number of rotatable bonds is 12. The number of carbonyl (C=O) groups is 1. The summed E-state index contributed by atoms with van der Waals surface area (Å²) in [6.45, 7) is 16.0. The van der Waals surface area contributed by atoms with Gasteiger partial charge in [-0.3, -0.25) is 14.2 Å². The number of amides is 1. The SMILES string of the molecule is C[C@H]1C[C@@]2(C[C@@H](c3cn(CC#N)nn3)N1)OC[C@@H](O)c1cc(Cl)sc12.C[C@H]1C[C@@]2(C[C@@H](c3cn(CC4CCC(=O)NC4)nn3)N1)OC[C@@H](O)c1cc(Cl)sc12.C[C@H]1C[C@@]2(C[C@@H](c3cn(CCC(C)(C)O)nn3)N1)OC[C@@H](O)c1cc(Cl)sc12.C[C@H]1C[C@@]2(C[C@@H](c3cn(Cc4ccc(C#N)cc4)nn3)N1)OC[C@@H](O)c1cc(Cl)sc12. The summed E-state index contributed by atoms with van der Waals surface area (Å²) in [5.41, 5.74) is 5.99. The Bertz CT molecular complexity index is 4960. The summed E-state index contributed by atoms with van der Waals surface area (Å²) >= 11 is 31.1. The van der Waals surface area contributed by atoms with Crippen molar-refractivity contribution < 1.29 is 49.3 Å². The number of piperidine rings is 5. The molecule has 1 amide bonds. The molecule has 29 nitrogen and oxygen atoms in total. The number of halogens is 4. The third kappa shape index (κ3) is 18.1. The highest BCUT2D eigenvalue weighted by Crippen LogP contribution is 2.57. The second-order valence-corrected chi connectivity index (χ2v) is 39.2. The molecule has 0 radical (unpaired) electrons. The van der Waals surface area contributed by atoms with Crippen molar-refractivity contribution in [1.82, 2.24) is 86.6 Å². The van der Waals surface area contributed by atoms with Gasteiger partial charge in [0.25, 0.3) is 0 Å². The highest BCUT2D eigenvalue weighted by atomic mass is 35.5.